The lowest BCUT2D eigenvalue weighted by molar-refractivity contribution is -0.119. The van der Waals surface area contributed by atoms with Crippen molar-refractivity contribution in [2.45, 2.75) is 31.7 Å². The van der Waals surface area contributed by atoms with E-state index in [9.17, 15) is 13.6 Å². The Labute approximate surface area is 119 Å². The van der Waals surface area contributed by atoms with Crippen molar-refractivity contribution in [1.29, 1.82) is 0 Å². The molecule has 1 aromatic heterocycles. The van der Waals surface area contributed by atoms with Crippen LogP contribution in [-0.2, 0) is 16.2 Å². The molecule has 1 amide bonds. The van der Waals surface area contributed by atoms with Crippen LogP contribution >= 0.6 is 11.6 Å². The van der Waals surface area contributed by atoms with E-state index in [2.05, 4.69) is 4.98 Å². The van der Waals surface area contributed by atoms with Crippen LogP contribution < -0.4 is 5.73 Å². The number of benzene rings is 1. The highest BCUT2D eigenvalue weighted by Gasteiger charge is 2.28. The molecule has 2 N–H and O–H groups in total. The summed E-state index contributed by atoms with van der Waals surface area (Å²) >= 11 is 5.82. The third-order valence-corrected chi connectivity index (χ3v) is 3.32. The Morgan fingerprint density at radius 3 is 2.65 bits per heavy atom. The van der Waals surface area contributed by atoms with Crippen molar-refractivity contribution in [3.05, 3.63) is 29.6 Å². The predicted molar refractivity (Wildman–Crippen MR) is 72.3 cm³/mol. The van der Waals surface area contributed by atoms with E-state index in [-0.39, 0.29) is 23.3 Å². The molecule has 0 aliphatic rings. The number of carbonyl (C=O) groups is 1. The van der Waals surface area contributed by atoms with Crippen LogP contribution in [0.5, 0.6) is 0 Å². The van der Waals surface area contributed by atoms with Crippen LogP contribution in [-0.4, -0.2) is 15.5 Å². The molecular weight excluding hydrogens is 288 g/mol. The van der Waals surface area contributed by atoms with Gasteiger partial charge in [0.1, 0.15) is 17.2 Å². The number of primary amides is 1. The summed E-state index contributed by atoms with van der Waals surface area (Å²) in [5, 5.41) is 0. The monoisotopic (exact) mass is 301 g/mol. The first-order chi connectivity index (χ1) is 9.26. The maximum atomic E-state index is 13.8. The second-order valence-corrected chi connectivity index (χ2v) is 5.48. The summed E-state index contributed by atoms with van der Waals surface area (Å²) in [7, 11) is 0. The Morgan fingerprint density at radius 1 is 1.45 bits per heavy atom. The fourth-order valence-electron chi connectivity index (χ4n) is 2.42. The average Bonchev–Trinajstić information content (AvgIpc) is 2.66. The second kappa shape index (κ2) is 5.01. The molecule has 0 radical (unpaired) electrons. The van der Waals surface area contributed by atoms with E-state index < -0.39 is 23.1 Å². The third-order valence-electron chi connectivity index (χ3n) is 3.08. The summed E-state index contributed by atoms with van der Waals surface area (Å²) in [5.41, 5.74) is 4.72. The number of aromatic nitrogens is 2. The van der Waals surface area contributed by atoms with Gasteiger partial charge in [0.15, 0.2) is 5.82 Å². The first-order valence-electron chi connectivity index (χ1n) is 5.97. The Balaban J connectivity index is 2.76. The van der Waals surface area contributed by atoms with Crippen molar-refractivity contribution < 1.29 is 13.6 Å². The van der Waals surface area contributed by atoms with Gasteiger partial charge in [-0.15, -0.1) is 11.6 Å². The second-order valence-electron chi connectivity index (χ2n) is 5.21. The molecule has 0 fully saturated rings. The molecule has 4 nitrogen and oxygen atoms in total. The zero-order valence-electron chi connectivity index (χ0n) is 11.1. The number of rotatable bonds is 4. The molecular formula is C13H14ClF2N3O. The number of fused-ring (bicyclic) bond motifs is 1. The van der Waals surface area contributed by atoms with Crippen molar-refractivity contribution >= 4 is 28.5 Å². The summed E-state index contributed by atoms with van der Waals surface area (Å²) in [4.78, 5) is 15.3. The number of amides is 1. The molecule has 0 saturated heterocycles. The maximum Gasteiger partial charge on any atom is 0.219 e. The van der Waals surface area contributed by atoms with Gasteiger partial charge in [0.05, 0.1) is 11.4 Å². The number of imidazole rings is 1. The van der Waals surface area contributed by atoms with Crippen LogP contribution in [0.15, 0.2) is 12.1 Å². The summed E-state index contributed by atoms with van der Waals surface area (Å²) in [5.74, 6) is -1.63. The lowest BCUT2D eigenvalue weighted by Gasteiger charge is -2.27. The van der Waals surface area contributed by atoms with Crippen molar-refractivity contribution in [3.8, 4) is 0 Å². The minimum Gasteiger partial charge on any atom is -0.370 e. The van der Waals surface area contributed by atoms with Gasteiger partial charge in [-0.1, -0.05) is 0 Å². The summed E-state index contributed by atoms with van der Waals surface area (Å²) in [6, 6.07) is 1.93. The van der Waals surface area contributed by atoms with Gasteiger partial charge in [-0.2, -0.15) is 0 Å². The maximum absolute atomic E-state index is 13.8. The van der Waals surface area contributed by atoms with Gasteiger partial charge < -0.3 is 10.3 Å². The van der Waals surface area contributed by atoms with Gasteiger partial charge in [0.25, 0.3) is 0 Å². The molecule has 20 heavy (non-hydrogen) atoms. The molecule has 1 heterocycles. The molecule has 0 saturated carbocycles. The molecule has 2 aromatic rings. The van der Waals surface area contributed by atoms with Crippen molar-refractivity contribution in [2.75, 3.05) is 0 Å². The number of nitrogens with zero attached hydrogens (tertiary/aromatic N) is 2. The normalized spacial score (nSPS) is 12.1. The van der Waals surface area contributed by atoms with Gasteiger partial charge in [0.2, 0.25) is 5.91 Å². The molecule has 0 bridgehead atoms. The van der Waals surface area contributed by atoms with E-state index in [1.165, 1.54) is 6.07 Å². The van der Waals surface area contributed by atoms with Crippen molar-refractivity contribution in [3.63, 3.8) is 0 Å². The largest absolute Gasteiger partial charge is 0.370 e. The highest BCUT2D eigenvalue weighted by molar-refractivity contribution is 6.16. The van der Waals surface area contributed by atoms with E-state index in [4.69, 9.17) is 17.3 Å². The van der Waals surface area contributed by atoms with E-state index in [0.717, 1.165) is 6.07 Å². The molecule has 0 aliphatic carbocycles. The molecule has 0 spiro atoms. The summed E-state index contributed by atoms with van der Waals surface area (Å²) in [6.07, 6.45) is 0.000477. The van der Waals surface area contributed by atoms with E-state index in [1.807, 2.05) is 0 Å². The molecule has 2 rings (SSSR count). The number of alkyl halides is 1. The Bertz CT molecular complexity index is 682. The molecule has 7 heteroatoms. The molecule has 0 atom stereocenters. The first-order valence-corrected chi connectivity index (χ1v) is 6.51. The van der Waals surface area contributed by atoms with Crippen molar-refractivity contribution in [1.82, 2.24) is 9.55 Å². The molecule has 1 aromatic carbocycles. The Morgan fingerprint density at radius 2 is 2.10 bits per heavy atom. The zero-order chi connectivity index (χ0) is 15.1. The Kier molecular flexibility index (Phi) is 3.69. The van der Waals surface area contributed by atoms with Crippen LogP contribution in [0, 0.1) is 11.6 Å². The smallest absolute Gasteiger partial charge is 0.219 e. The fraction of sp³-hybridized carbons (Fsp3) is 0.385. The van der Waals surface area contributed by atoms with E-state index in [0.29, 0.717) is 5.82 Å². The van der Waals surface area contributed by atoms with E-state index in [1.54, 1.807) is 18.4 Å². The Hall–Kier alpha value is -1.69. The quantitative estimate of drug-likeness (QED) is 0.883. The number of halogens is 3. The van der Waals surface area contributed by atoms with Gasteiger partial charge in [-0.25, -0.2) is 13.8 Å². The SMILES string of the molecule is CC(C)(CC(N)=O)n1c(CCl)nc2c(F)cc(F)cc21. The van der Waals surface area contributed by atoms with Gasteiger partial charge in [0, 0.05) is 18.0 Å². The highest BCUT2D eigenvalue weighted by Crippen LogP contribution is 2.30. The van der Waals surface area contributed by atoms with Crippen LogP contribution in [0.3, 0.4) is 0 Å². The molecule has 0 aliphatic heterocycles. The van der Waals surface area contributed by atoms with Crippen LogP contribution in [0.1, 0.15) is 26.1 Å². The lowest BCUT2D eigenvalue weighted by atomic mass is 9.99. The average molecular weight is 302 g/mol. The molecule has 108 valence electrons. The first kappa shape index (κ1) is 14.7. The van der Waals surface area contributed by atoms with E-state index >= 15 is 0 Å². The topological polar surface area (TPSA) is 60.9 Å². The predicted octanol–water partition coefficient (Wildman–Crippen LogP) is 2.66. The summed E-state index contributed by atoms with van der Waals surface area (Å²) in [6.45, 7) is 3.47. The highest BCUT2D eigenvalue weighted by atomic mass is 35.5. The van der Waals surface area contributed by atoms with Gasteiger partial charge >= 0.3 is 0 Å². The summed E-state index contributed by atoms with van der Waals surface area (Å²) < 4.78 is 28.8. The number of hydrogen-bond acceptors (Lipinski definition) is 2. The minimum atomic E-state index is -0.787. The number of nitrogens with two attached hydrogens (primary N) is 1. The third kappa shape index (κ3) is 2.47. The standard InChI is InChI=1S/C13H14ClF2N3O/c1-13(2,5-10(17)20)19-9-4-7(15)3-8(16)12(9)18-11(19)6-14/h3-4H,5-6H2,1-2H3,(H2,17,20). The number of carbonyl (C=O) groups excluding carboxylic acids is 1. The molecule has 0 unspecified atom stereocenters. The van der Waals surface area contributed by atoms with Crippen molar-refractivity contribution in [2.24, 2.45) is 5.73 Å². The minimum absolute atomic E-state index is 0.000477. The van der Waals surface area contributed by atoms with Gasteiger partial charge in [-0.3, -0.25) is 4.79 Å². The lowest BCUT2D eigenvalue weighted by Crippen LogP contribution is -2.33. The van der Waals surface area contributed by atoms with Crippen LogP contribution in [0.2, 0.25) is 0 Å². The van der Waals surface area contributed by atoms with Crippen LogP contribution in [0.4, 0.5) is 8.78 Å². The van der Waals surface area contributed by atoms with Crippen LogP contribution in [0.25, 0.3) is 11.0 Å². The fourth-order valence-corrected chi connectivity index (χ4v) is 2.60. The number of hydrogen-bond donors (Lipinski definition) is 1. The zero-order valence-corrected chi connectivity index (χ0v) is 11.8. The van der Waals surface area contributed by atoms with Gasteiger partial charge in [-0.05, 0) is 19.9 Å².